The summed E-state index contributed by atoms with van der Waals surface area (Å²) in [4.78, 5) is 5.40. The summed E-state index contributed by atoms with van der Waals surface area (Å²) in [5.41, 5.74) is 5.01. The maximum absolute atomic E-state index is 13.5. The fourth-order valence-corrected chi connectivity index (χ4v) is 3.65. The molecule has 0 aliphatic carbocycles. The molecule has 9 heteroatoms. The zero-order valence-corrected chi connectivity index (χ0v) is 15.4. The number of aromatic nitrogens is 1. The largest absolute Gasteiger partial charge is 0.417 e. The first-order valence-electron chi connectivity index (χ1n) is 8.47. The van der Waals surface area contributed by atoms with E-state index in [0.29, 0.717) is 17.8 Å². The molecule has 1 aromatic carbocycles. The first kappa shape index (κ1) is 18.6. The van der Waals surface area contributed by atoms with Gasteiger partial charge in [-0.2, -0.15) is 17.6 Å². The number of hydrogen-bond acceptors (Lipinski definition) is 4. The van der Waals surface area contributed by atoms with Gasteiger partial charge in [-0.25, -0.2) is 4.98 Å². The zero-order valence-electron chi connectivity index (χ0n) is 14.6. The van der Waals surface area contributed by atoms with Gasteiger partial charge in [0.05, 0.1) is 22.3 Å². The number of hydrazine groups is 1. The summed E-state index contributed by atoms with van der Waals surface area (Å²) in [7, 11) is 0. The molecular weight excluding hydrogens is 396 g/mol. The zero-order chi connectivity index (χ0) is 20.1. The number of nitrogens with one attached hydrogen (secondary N) is 1. The molecule has 2 aromatic rings. The SMILES string of the molecule is C[C@H]1CN(c2ccc(C(F)(F)F)c(Cl)c2)C=C2C(c3ccnc(F)c3)=CNN21. The minimum Gasteiger partial charge on any atom is -0.344 e. The third-order valence-electron chi connectivity index (χ3n) is 4.69. The van der Waals surface area contributed by atoms with Crippen LogP contribution in [0.4, 0.5) is 23.2 Å². The van der Waals surface area contributed by atoms with E-state index < -0.39 is 17.7 Å². The number of pyridine rings is 1. The van der Waals surface area contributed by atoms with Crippen LogP contribution in [0.2, 0.25) is 5.02 Å². The number of fused-ring (bicyclic) bond motifs is 1. The van der Waals surface area contributed by atoms with Crippen molar-refractivity contribution in [1.29, 1.82) is 0 Å². The molecule has 0 spiro atoms. The Balaban J connectivity index is 1.71. The molecule has 1 atom stereocenters. The molecule has 0 fully saturated rings. The highest BCUT2D eigenvalue weighted by Crippen LogP contribution is 2.39. The second-order valence-electron chi connectivity index (χ2n) is 6.60. The quantitative estimate of drug-likeness (QED) is 0.569. The van der Waals surface area contributed by atoms with Crippen LogP contribution in [-0.2, 0) is 6.18 Å². The summed E-state index contributed by atoms with van der Waals surface area (Å²) in [5, 5.41) is 1.57. The van der Waals surface area contributed by atoms with Gasteiger partial charge in [-0.1, -0.05) is 11.6 Å². The van der Waals surface area contributed by atoms with Crippen molar-refractivity contribution < 1.29 is 17.6 Å². The molecule has 2 aliphatic heterocycles. The Morgan fingerprint density at radius 3 is 2.68 bits per heavy atom. The number of alkyl halides is 3. The summed E-state index contributed by atoms with van der Waals surface area (Å²) in [6, 6.07) is 6.71. The highest BCUT2D eigenvalue weighted by atomic mass is 35.5. The molecule has 1 N–H and O–H groups in total. The molecule has 0 unspecified atom stereocenters. The van der Waals surface area contributed by atoms with Crippen molar-refractivity contribution in [3.63, 3.8) is 0 Å². The predicted octanol–water partition coefficient (Wildman–Crippen LogP) is 4.80. The van der Waals surface area contributed by atoms with Crippen molar-refractivity contribution >= 4 is 22.9 Å². The van der Waals surface area contributed by atoms with Crippen LogP contribution < -0.4 is 10.3 Å². The van der Waals surface area contributed by atoms with Crippen LogP contribution in [0.1, 0.15) is 18.1 Å². The van der Waals surface area contributed by atoms with E-state index in [1.165, 1.54) is 24.4 Å². The number of halogens is 5. The van der Waals surface area contributed by atoms with Gasteiger partial charge in [0, 0.05) is 42.5 Å². The van der Waals surface area contributed by atoms with E-state index in [2.05, 4.69) is 10.4 Å². The third-order valence-corrected chi connectivity index (χ3v) is 5.00. The molecule has 0 bridgehead atoms. The second-order valence-corrected chi connectivity index (χ2v) is 7.01. The van der Waals surface area contributed by atoms with E-state index in [9.17, 15) is 17.6 Å². The van der Waals surface area contributed by atoms with Gasteiger partial charge >= 0.3 is 6.18 Å². The molecule has 0 amide bonds. The van der Waals surface area contributed by atoms with E-state index in [4.69, 9.17) is 11.6 Å². The van der Waals surface area contributed by atoms with E-state index in [0.717, 1.165) is 17.3 Å². The van der Waals surface area contributed by atoms with Gasteiger partial charge in [0.1, 0.15) is 0 Å². The lowest BCUT2D eigenvalue weighted by Gasteiger charge is -2.38. The Morgan fingerprint density at radius 1 is 1.21 bits per heavy atom. The van der Waals surface area contributed by atoms with Gasteiger partial charge in [0.25, 0.3) is 0 Å². The van der Waals surface area contributed by atoms with Gasteiger partial charge < -0.3 is 10.3 Å². The average Bonchev–Trinajstić information content (AvgIpc) is 3.05. The van der Waals surface area contributed by atoms with Crippen molar-refractivity contribution in [3.05, 3.63) is 76.7 Å². The molecule has 4 nitrogen and oxygen atoms in total. The molecule has 0 saturated heterocycles. The summed E-state index contributed by atoms with van der Waals surface area (Å²) < 4.78 is 52.4. The molecule has 3 heterocycles. The Bertz CT molecular complexity index is 986. The Hall–Kier alpha value is -2.74. The summed E-state index contributed by atoms with van der Waals surface area (Å²) in [6.07, 6.45) is 0.453. The van der Waals surface area contributed by atoms with E-state index in [1.54, 1.807) is 12.3 Å². The van der Waals surface area contributed by atoms with Gasteiger partial charge in [-0.05, 0) is 36.8 Å². The number of benzene rings is 1. The van der Waals surface area contributed by atoms with Crippen molar-refractivity contribution in [2.45, 2.75) is 19.1 Å². The number of hydrogen-bond donors (Lipinski definition) is 1. The Labute approximate surface area is 163 Å². The molecule has 2 aliphatic rings. The molecular formula is C19H15ClF4N4. The minimum atomic E-state index is -4.50. The van der Waals surface area contributed by atoms with Crippen LogP contribution in [0.15, 0.2) is 54.6 Å². The Kier molecular flexibility index (Phi) is 4.45. The van der Waals surface area contributed by atoms with Crippen molar-refractivity contribution in [2.24, 2.45) is 0 Å². The smallest absolute Gasteiger partial charge is 0.344 e. The number of nitrogens with zero attached hydrogens (tertiary/aromatic N) is 3. The van der Waals surface area contributed by atoms with Gasteiger partial charge in [0.15, 0.2) is 0 Å². The molecule has 1 aromatic heterocycles. The fraction of sp³-hybridized carbons (Fsp3) is 0.211. The van der Waals surface area contributed by atoms with Crippen molar-refractivity contribution in [1.82, 2.24) is 15.4 Å². The lowest BCUT2D eigenvalue weighted by Crippen LogP contribution is -2.47. The number of rotatable bonds is 2. The van der Waals surface area contributed by atoms with Crippen LogP contribution in [0, 0.1) is 5.95 Å². The van der Waals surface area contributed by atoms with Crippen LogP contribution in [-0.4, -0.2) is 22.6 Å². The van der Waals surface area contributed by atoms with E-state index in [1.807, 2.05) is 23.0 Å². The summed E-state index contributed by atoms with van der Waals surface area (Å²) in [6.45, 7) is 2.51. The van der Waals surface area contributed by atoms with E-state index in [-0.39, 0.29) is 11.1 Å². The monoisotopic (exact) mass is 410 g/mol. The molecule has 0 saturated carbocycles. The molecule has 0 radical (unpaired) electrons. The first-order valence-corrected chi connectivity index (χ1v) is 8.85. The minimum absolute atomic E-state index is 0.00139. The maximum atomic E-state index is 13.5. The maximum Gasteiger partial charge on any atom is 0.417 e. The summed E-state index contributed by atoms with van der Waals surface area (Å²) in [5.74, 6) is -0.590. The van der Waals surface area contributed by atoms with Crippen LogP contribution in [0.3, 0.4) is 0 Å². The van der Waals surface area contributed by atoms with Crippen LogP contribution in [0.5, 0.6) is 0 Å². The third kappa shape index (κ3) is 3.28. The lowest BCUT2D eigenvalue weighted by molar-refractivity contribution is -0.137. The Morgan fingerprint density at radius 2 is 2.00 bits per heavy atom. The fourth-order valence-electron chi connectivity index (χ4n) is 3.36. The van der Waals surface area contributed by atoms with Gasteiger partial charge in [-0.3, -0.25) is 5.01 Å². The normalized spacial score (nSPS) is 19.1. The van der Waals surface area contributed by atoms with Gasteiger partial charge in [-0.15, -0.1) is 0 Å². The van der Waals surface area contributed by atoms with Gasteiger partial charge in [0.2, 0.25) is 5.95 Å². The van der Waals surface area contributed by atoms with Crippen LogP contribution >= 0.6 is 11.6 Å². The average molecular weight is 411 g/mol. The highest BCUT2D eigenvalue weighted by molar-refractivity contribution is 6.31. The van der Waals surface area contributed by atoms with E-state index >= 15 is 0 Å². The number of allylic oxidation sites excluding steroid dienone is 1. The second kappa shape index (κ2) is 6.70. The molecule has 28 heavy (non-hydrogen) atoms. The van der Waals surface area contributed by atoms with Crippen LogP contribution in [0.25, 0.3) is 5.57 Å². The predicted molar refractivity (Wildman–Crippen MR) is 98.5 cm³/mol. The summed E-state index contributed by atoms with van der Waals surface area (Å²) >= 11 is 5.87. The van der Waals surface area contributed by atoms with Crippen molar-refractivity contribution in [3.8, 4) is 0 Å². The van der Waals surface area contributed by atoms with Crippen molar-refractivity contribution in [2.75, 3.05) is 11.4 Å². The highest BCUT2D eigenvalue weighted by Gasteiger charge is 2.35. The lowest BCUT2D eigenvalue weighted by atomic mass is 10.0. The standard InChI is InChI=1S/C19H15ClF4N4/c1-11-9-27(13-2-3-15(16(20)7-13)19(22,23)24)10-17-14(8-26-28(11)17)12-4-5-25-18(21)6-12/h2-8,10-11,26H,9H2,1H3/t11-/m0/s1. The molecule has 4 rings (SSSR count). The molecule has 146 valence electrons. The topological polar surface area (TPSA) is 31.4 Å². The first-order chi connectivity index (χ1) is 13.2. The number of anilines is 1.